The van der Waals surface area contributed by atoms with Gasteiger partial charge in [0.1, 0.15) is 0 Å². The van der Waals surface area contributed by atoms with Gasteiger partial charge >= 0.3 is 0 Å². The lowest BCUT2D eigenvalue weighted by Gasteiger charge is -2.25. The van der Waals surface area contributed by atoms with E-state index in [9.17, 15) is 0 Å². The van der Waals surface area contributed by atoms with Gasteiger partial charge < -0.3 is 15.6 Å². The van der Waals surface area contributed by atoms with Crippen LogP contribution in [0.5, 0.6) is 0 Å². The molecule has 0 saturated heterocycles. The van der Waals surface area contributed by atoms with Crippen LogP contribution in [-0.2, 0) is 0 Å². The predicted octanol–water partition coefficient (Wildman–Crippen LogP) is 7.62. The third-order valence-electron chi connectivity index (χ3n) is 6.18. The fraction of sp³-hybridized carbons (Fsp3) is 0.200. The van der Waals surface area contributed by atoms with Crippen molar-refractivity contribution >= 4 is 22.5 Å². The first-order valence-electron chi connectivity index (χ1n) is 11.6. The lowest BCUT2D eigenvalue weighted by atomic mass is 9.90. The second-order valence-electron chi connectivity index (χ2n) is 8.94. The van der Waals surface area contributed by atoms with Crippen LogP contribution in [0.25, 0.3) is 10.9 Å². The van der Waals surface area contributed by atoms with Crippen molar-refractivity contribution in [1.82, 2.24) is 15.6 Å². The summed E-state index contributed by atoms with van der Waals surface area (Å²) in [5.41, 5.74) is 7.82. The van der Waals surface area contributed by atoms with Crippen LogP contribution in [0.4, 0.5) is 0 Å². The highest BCUT2D eigenvalue weighted by atomic mass is 35.5. The van der Waals surface area contributed by atoms with E-state index >= 15 is 0 Å². The molecule has 174 valence electrons. The topological polar surface area (TPSA) is 39.8 Å². The highest BCUT2D eigenvalue weighted by Gasteiger charge is 2.21. The fourth-order valence-electron chi connectivity index (χ4n) is 4.44. The number of H-pyrrole nitrogens is 1. The quantitative estimate of drug-likeness (QED) is 0.223. The number of nitrogens with one attached hydrogen (secondary N) is 3. The lowest BCUT2D eigenvalue weighted by molar-refractivity contribution is 0.563. The molecule has 1 heterocycles. The summed E-state index contributed by atoms with van der Waals surface area (Å²) in [7, 11) is 0. The summed E-state index contributed by atoms with van der Waals surface area (Å²) >= 11 is 6.66. The van der Waals surface area contributed by atoms with Gasteiger partial charge in [0.25, 0.3) is 0 Å². The first-order valence-corrected chi connectivity index (χ1v) is 12.0. The molecule has 0 aliphatic rings. The Kier molecular flexibility index (Phi) is 7.44. The maximum atomic E-state index is 6.66. The molecule has 0 radical (unpaired) electrons. The van der Waals surface area contributed by atoms with Gasteiger partial charge in [-0.3, -0.25) is 0 Å². The van der Waals surface area contributed by atoms with E-state index < -0.39 is 0 Å². The molecule has 0 bridgehead atoms. The van der Waals surface area contributed by atoms with Gasteiger partial charge in [-0.25, -0.2) is 0 Å². The van der Waals surface area contributed by atoms with E-state index in [1.807, 2.05) is 31.2 Å². The number of para-hydroxylation sites is 1. The summed E-state index contributed by atoms with van der Waals surface area (Å²) in [6.45, 7) is 13.2. The Labute approximate surface area is 207 Å². The number of hydrogen-bond donors (Lipinski definition) is 3. The zero-order chi connectivity index (χ0) is 24.1. The van der Waals surface area contributed by atoms with Crippen LogP contribution in [-0.4, -0.2) is 11.5 Å². The summed E-state index contributed by atoms with van der Waals surface area (Å²) in [6, 6.07) is 25.2. The molecule has 1 aromatic heterocycles. The smallest absolute Gasteiger partial charge is 0.0564 e. The SMILES string of the molecule is C=C(C)NC(CC(=C)NCC(c1ccccc1Cl)c1c[nH]c2ccccc12)c1ccc(C)cc1. The average Bonchev–Trinajstić information content (AvgIpc) is 3.24. The molecule has 0 saturated carbocycles. The molecule has 0 spiro atoms. The minimum Gasteiger partial charge on any atom is -0.388 e. The number of benzene rings is 3. The standard InChI is InChI=1S/C30H32ClN3/c1-20(2)34-30(23-15-13-21(3)14-16-23)17-22(4)32-18-26(24-9-5-7-11-28(24)31)27-19-33-29-12-8-6-10-25(27)29/h5-16,19,26,30,32-34H,1,4,17-18H2,2-3H3. The van der Waals surface area contributed by atoms with Crippen LogP contribution in [0.1, 0.15) is 47.6 Å². The molecule has 4 rings (SSSR count). The van der Waals surface area contributed by atoms with Gasteiger partial charge in [0.2, 0.25) is 0 Å². The normalized spacial score (nSPS) is 12.8. The lowest BCUT2D eigenvalue weighted by Crippen LogP contribution is -2.26. The minimum absolute atomic E-state index is 0.0773. The first kappa shape index (κ1) is 23.7. The van der Waals surface area contributed by atoms with E-state index in [-0.39, 0.29) is 12.0 Å². The third-order valence-corrected chi connectivity index (χ3v) is 6.53. The minimum atomic E-state index is 0.0773. The number of hydrogen-bond acceptors (Lipinski definition) is 2. The second kappa shape index (κ2) is 10.7. The maximum absolute atomic E-state index is 6.66. The van der Waals surface area contributed by atoms with Gasteiger partial charge in [-0.1, -0.05) is 91.0 Å². The van der Waals surface area contributed by atoms with Crippen LogP contribution >= 0.6 is 11.6 Å². The summed E-state index contributed by atoms with van der Waals surface area (Å²) in [4.78, 5) is 3.41. The Morgan fingerprint density at radius 3 is 2.38 bits per heavy atom. The van der Waals surface area contributed by atoms with Crippen molar-refractivity contribution in [1.29, 1.82) is 0 Å². The monoisotopic (exact) mass is 469 g/mol. The molecular formula is C30H32ClN3. The molecule has 4 heteroatoms. The molecule has 34 heavy (non-hydrogen) atoms. The van der Waals surface area contributed by atoms with Crippen molar-refractivity contribution in [3.05, 3.63) is 131 Å². The van der Waals surface area contributed by atoms with Gasteiger partial charge in [0.05, 0.1) is 6.04 Å². The Morgan fingerprint density at radius 1 is 0.941 bits per heavy atom. The van der Waals surface area contributed by atoms with Gasteiger partial charge in [0.15, 0.2) is 0 Å². The molecule has 3 aromatic carbocycles. The van der Waals surface area contributed by atoms with Gasteiger partial charge in [-0.2, -0.15) is 0 Å². The summed E-state index contributed by atoms with van der Waals surface area (Å²) < 4.78 is 0. The van der Waals surface area contributed by atoms with Crippen molar-refractivity contribution in [3.8, 4) is 0 Å². The summed E-state index contributed by atoms with van der Waals surface area (Å²) in [5, 5.41) is 9.09. The van der Waals surface area contributed by atoms with Crippen LogP contribution in [0, 0.1) is 6.92 Å². The van der Waals surface area contributed by atoms with E-state index in [1.165, 1.54) is 22.1 Å². The number of rotatable bonds is 10. The van der Waals surface area contributed by atoms with E-state index in [0.29, 0.717) is 6.54 Å². The molecule has 2 unspecified atom stereocenters. The molecule has 3 nitrogen and oxygen atoms in total. The Bertz CT molecular complexity index is 1290. The highest BCUT2D eigenvalue weighted by molar-refractivity contribution is 6.31. The first-order chi connectivity index (χ1) is 16.4. The molecule has 4 aromatic rings. The van der Waals surface area contributed by atoms with E-state index in [0.717, 1.165) is 33.9 Å². The molecule has 2 atom stereocenters. The van der Waals surface area contributed by atoms with Crippen LogP contribution in [0.2, 0.25) is 5.02 Å². The van der Waals surface area contributed by atoms with E-state index in [1.54, 1.807) is 0 Å². The number of aromatic amines is 1. The van der Waals surface area contributed by atoms with Crippen molar-refractivity contribution in [3.63, 3.8) is 0 Å². The highest BCUT2D eigenvalue weighted by Crippen LogP contribution is 2.34. The predicted molar refractivity (Wildman–Crippen MR) is 145 cm³/mol. The summed E-state index contributed by atoms with van der Waals surface area (Å²) in [6.07, 6.45) is 2.85. The van der Waals surface area contributed by atoms with Crippen molar-refractivity contribution in [2.24, 2.45) is 0 Å². The van der Waals surface area contributed by atoms with Crippen LogP contribution in [0.3, 0.4) is 0 Å². The largest absolute Gasteiger partial charge is 0.388 e. The van der Waals surface area contributed by atoms with Gasteiger partial charge in [-0.15, -0.1) is 0 Å². The summed E-state index contributed by atoms with van der Waals surface area (Å²) in [5.74, 6) is 0.0773. The number of aromatic nitrogens is 1. The maximum Gasteiger partial charge on any atom is 0.0564 e. The number of fused-ring (bicyclic) bond motifs is 1. The zero-order valence-corrected chi connectivity index (χ0v) is 20.6. The van der Waals surface area contributed by atoms with E-state index in [2.05, 4.69) is 90.4 Å². The number of halogens is 1. The Hall–Kier alpha value is -3.43. The average molecular weight is 470 g/mol. The van der Waals surface area contributed by atoms with Crippen molar-refractivity contribution in [2.75, 3.05) is 6.54 Å². The van der Waals surface area contributed by atoms with Crippen molar-refractivity contribution in [2.45, 2.75) is 32.2 Å². The zero-order valence-electron chi connectivity index (χ0n) is 19.9. The van der Waals surface area contributed by atoms with Crippen molar-refractivity contribution < 1.29 is 0 Å². The second-order valence-corrected chi connectivity index (χ2v) is 9.35. The molecular weight excluding hydrogens is 438 g/mol. The van der Waals surface area contributed by atoms with Gasteiger partial charge in [0, 0.05) is 52.4 Å². The van der Waals surface area contributed by atoms with Gasteiger partial charge in [-0.05, 0) is 42.7 Å². The van der Waals surface area contributed by atoms with E-state index in [4.69, 9.17) is 11.6 Å². The molecule has 0 aliphatic heterocycles. The Balaban J connectivity index is 1.56. The Morgan fingerprint density at radius 2 is 1.65 bits per heavy atom. The number of aryl methyl sites for hydroxylation is 1. The molecule has 0 fully saturated rings. The van der Waals surface area contributed by atoms with Crippen LogP contribution in [0.15, 0.2) is 104 Å². The third kappa shape index (κ3) is 5.55. The molecule has 3 N–H and O–H groups in total. The molecule has 0 aliphatic carbocycles. The fourth-order valence-corrected chi connectivity index (χ4v) is 4.71. The van der Waals surface area contributed by atoms with Crippen LogP contribution < -0.4 is 10.6 Å². The molecule has 0 amide bonds. The number of allylic oxidation sites excluding steroid dienone is 1.